The number of methoxy groups -OCH3 is 1. The topological polar surface area (TPSA) is 119 Å². The highest BCUT2D eigenvalue weighted by molar-refractivity contribution is 7.91. The SMILES string of the molecule is COc1ccc(S(=O)(=O)N[C@@H](C)C(=O)NC2CCS(=O)(=O)c3ccccc32)cc1. The van der Waals surface area contributed by atoms with Gasteiger partial charge in [0.25, 0.3) is 0 Å². The van der Waals surface area contributed by atoms with E-state index in [1.165, 1.54) is 44.4 Å². The molecular formula is C19H22N2O6S2. The number of ether oxygens (including phenoxy) is 1. The predicted molar refractivity (Wildman–Crippen MR) is 107 cm³/mol. The van der Waals surface area contributed by atoms with E-state index in [1.807, 2.05) is 0 Å². The number of fused-ring (bicyclic) bond motifs is 1. The van der Waals surface area contributed by atoms with Gasteiger partial charge in [-0.3, -0.25) is 4.79 Å². The molecule has 0 saturated carbocycles. The van der Waals surface area contributed by atoms with Crippen molar-refractivity contribution >= 4 is 25.8 Å². The Balaban J connectivity index is 1.72. The van der Waals surface area contributed by atoms with Crippen molar-refractivity contribution in [3.05, 3.63) is 54.1 Å². The van der Waals surface area contributed by atoms with Gasteiger partial charge >= 0.3 is 0 Å². The highest BCUT2D eigenvalue weighted by Gasteiger charge is 2.32. The van der Waals surface area contributed by atoms with Crippen LogP contribution in [-0.4, -0.2) is 41.6 Å². The van der Waals surface area contributed by atoms with Crippen molar-refractivity contribution in [3.63, 3.8) is 0 Å². The molecule has 0 aromatic heterocycles. The standard InChI is InChI=1S/C19H22N2O6S2/c1-13(21-29(25,26)15-9-7-14(27-2)8-10-15)19(22)20-17-11-12-28(23,24)18-6-4-3-5-16(17)18/h3-10,13,17,21H,11-12H2,1-2H3,(H,20,22)/t13-,17?/m0/s1. The normalized spacial score (nSPS) is 19.0. The van der Waals surface area contributed by atoms with Crippen LogP contribution in [0.5, 0.6) is 5.75 Å². The minimum absolute atomic E-state index is 0.00653. The first-order chi connectivity index (χ1) is 13.6. The molecule has 1 unspecified atom stereocenters. The minimum atomic E-state index is -3.91. The second-order valence-corrected chi connectivity index (χ2v) is 10.5. The number of hydrogen-bond donors (Lipinski definition) is 2. The number of hydrogen-bond acceptors (Lipinski definition) is 6. The molecule has 2 aromatic carbocycles. The van der Waals surface area contributed by atoms with Crippen LogP contribution in [0, 0.1) is 0 Å². The zero-order valence-electron chi connectivity index (χ0n) is 16.0. The van der Waals surface area contributed by atoms with Gasteiger partial charge in [-0.2, -0.15) is 4.72 Å². The largest absolute Gasteiger partial charge is 0.497 e. The average molecular weight is 439 g/mol. The Kier molecular flexibility index (Phi) is 5.97. The quantitative estimate of drug-likeness (QED) is 0.704. The van der Waals surface area contributed by atoms with Crippen molar-refractivity contribution in [1.29, 1.82) is 0 Å². The lowest BCUT2D eigenvalue weighted by Crippen LogP contribution is -2.46. The number of carbonyl (C=O) groups excluding carboxylic acids is 1. The number of amides is 1. The summed E-state index contributed by atoms with van der Waals surface area (Å²) in [4.78, 5) is 12.8. The highest BCUT2D eigenvalue weighted by atomic mass is 32.2. The molecule has 2 aromatic rings. The summed E-state index contributed by atoms with van der Waals surface area (Å²) in [6, 6.07) is 10.7. The molecular weight excluding hydrogens is 416 g/mol. The zero-order valence-corrected chi connectivity index (χ0v) is 17.6. The van der Waals surface area contributed by atoms with Gasteiger partial charge in [-0.15, -0.1) is 0 Å². The molecule has 1 heterocycles. The summed E-state index contributed by atoms with van der Waals surface area (Å²) in [6.07, 6.45) is 0.225. The number of rotatable bonds is 6. The minimum Gasteiger partial charge on any atom is -0.497 e. The molecule has 0 radical (unpaired) electrons. The first-order valence-corrected chi connectivity index (χ1v) is 12.1. The number of sulfone groups is 1. The summed E-state index contributed by atoms with van der Waals surface area (Å²) in [6.45, 7) is 1.43. The van der Waals surface area contributed by atoms with Crippen LogP contribution in [0.1, 0.15) is 24.9 Å². The van der Waals surface area contributed by atoms with Crippen molar-refractivity contribution < 1.29 is 26.4 Å². The number of sulfonamides is 1. The molecule has 10 heteroatoms. The van der Waals surface area contributed by atoms with Crippen molar-refractivity contribution in [3.8, 4) is 5.75 Å². The Morgan fingerprint density at radius 2 is 1.79 bits per heavy atom. The lowest BCUT2D eigenvalue weighted by atomic mass is 10.0. The van der Waals surface area contributed by atoms with Crippen molar-refractivity contribution in [2.75, 3.05) is 12.9 Å². The fourth-order valence-electron chi connectivity index (χ4n) is 3.15. The van der Waals surface area contributed by atoms with Crippen LogP contribution in [-0.2, 0) is 24.7 Å². The van der Waals surface area contributed by atoms with E-state index < -0.39 is 37.9 Å². The molecule has 8 nitrogen and oxygen atoms in total. The first-order valence-electron chi connectivity index (χ1n) is 8.92. The molecule has 156 valence electrons. The number of benzene rings is 2. The van der Waals surface area contributed by atoms with E-state index in [4.69, 9.17) is 4.74 Å². The summed E-state index contributed by atoms with van der Waals surface area (Å²) >= 11 is 0. The maximum absolute atomic E-state index is 12.6. The lowest BCUT2D eigenvalue weighted by molar-refractivity contribution is -0.123. The molecule has 2 atom stereocenters. The summed E-state index contributed by atoms with van der Waals surface area (Å²) in [5.41, 5.74) is 0.511. The van der Waals surface area contributed by atoms with Gasteiger partial charge in [0, 0.05) is 0 Å². The van der Waals surface area contributed by atoms with Gasteiger partial charge in [0.05, 0.1) is 34.7 Å². The Bertz CT molecular complexity index is 1110. The molecule has 0 bridgehead atoms. The van der Waals surface area contributed by atoms with Crippen LogP contribution in [0.4, 0.5) is 0 Å². The van der Waals surface area contributed by atoms with Gasteiger partial charge in [0.2, 0.25) is 15.9 Å². The maximum atomic E-state index is 12.6. The predicted octanol–water partition coefficient (Wildman–Crippen LogP) is 1.40. The third-order valence-electron chi connectivity index (χ3n) is 4.72. The van der Waals surface area contributed by atoms with E-state index in [0.29, 0.717) is 11.3 Å². The molecule has 0 fully saturated rings. The second kappa shape index (κ2) is 8.13. The molecule has 1 aliphatic heterocycles. The second-order valence-electron chi connectivity index (χ2n) is 6.73. The molecule has 2 N–H and O–H groups in total. The monoisotopic (exact) mass is 438 g/mol. The smallest absolute Gasteiger partial charge is 0.241 e. The van der Waals surface area contributed by atoms with Gasteiger partial charge < -0.3 is 10.1 Å². The number of carbonyl (C=O) groups is 1. The zero-order chi connectivity index (χ0) is 21.2. The third-order valence-corrected chi connectivity index (χ3v) is 8.09. The van der Waals surface area contributed by atoms with Crippen LogP contribution >= 0.6 is 0 Å². The van der Waals surface area contributed by atoms with Gasteiger partial charge in [-0.05, 0) is 49.2 Å². The molecule has 29 heavy (non-hydrogen) atoms. The van der Waals surface area contributed by atoms with E-state index in [0.717, 1.165) is 0 Å². The lowest BCUT2D eigenvalue weighted by Gasteiger charge is -2.27. The Morgan fingerprint density at radius 1 is 1.14 bits per heavy atom. The van der Waals surface area contributed by atoms with Crippen LogP contribution in [0.15, 0.2) is 58.3 Å². The van der Waals surface area contributed by atoms with Crippen LogP contribution < -0.4 is 14.8 Å². The van der Waals surface area contributed by atoms with E-state index in [2.05, 4.69) is 10.0 Å². The van der Waals surface area contributed by atoms with Crippen LogP contribution in [0.3, 0.4) is 0 Å². The molecule has 0 aliphatic carbocycles. The van der Waals surface area contributed by atoms with Gasteiger partial charge in [0.1, 0.15) is 5.75 Å². The van der Waals surface area contributed by atoms with E-state index in [-0.39, 0.29) is 22.0 Å². The van der Waals surface area contributed by atoms with Gasteiger partial charge in [-0.1, -0.05) is 18.2 Å². The van der Waals surface area contributed by atoms with Gasteiger partial charge in [-0.25, -0.2) is 16.8 Å². The van der Waals surface area contributed by atoms with Crippen molar-refractivity contribution in [2.24, 2.45) is 0 Å². The van der Waals surface area contributed by atoms with Crippen molar-refractivity contribution in [2.45, 2.75) is 35.2 Å². The van der Waals surface area contributed by atoms with Gasteiger partial charge in [0.15, 0.2) is 9.84 Å². The summed E-state index contributed by atoms with van der Waals surface area (Å²) in [5.74, 6) is -0.108. The van der Waals surface area contributed by atoms with E-state index >= 15 is 0 Å². The van der Waals surface area contributed by atoms with E-state index in [1.54, 1.807) is 18.2 Å². The Morgan fingerprint density at radius 3 is 2.45 bits per heavy atom. The highest BCUT2D eigenvalue weighted by Crippen LogP contribution is 2.31. The van der Waals surface area contributed by atoms with Crippen LogP contribution in [0.25, 0.3) is 0 Å². The van der Waals surface area contributed by atoms with Crippen molar-refractivity contribution in [1.82, 2.24) is 10.0 Å². The Labute approximate surface area is 170 Å². The summed E-state index contributed by atoms with van der Waals surface area (Å²) < 4.78 is 56.8. The molecule has 3 rings (SSSR count). The van der Waals surface area contributed by atoms with E-state index in [9.17, 15) is 21.6 Å². The molecule has 1 aliphatic rings. The summed E-state index contributed by atoms with van der Waals surface area (Å²) in [5, 5.41) is 2.75. The fraction of sp³-hybridized carbons (Fsp3) is 0.316. The average Bonchev–Trinajstić information content (AvgIpc) is 2.70. The maximum Gasteiger partial charge on any atom is 0.241 e. The molecule has 0 saturated heterocycles. The Hall–Kier alpha value is -2.43. The molecule has 0 spiro atoms. The molecule has 1 amide bonds. The first kappa shape index (κ1) is 21.3. The number of nitrogens with one attached hydrogen (secondary N) is 2. The third kappa shape index (κ3) is 4.60. The summed E-state index contributed by atoms with van der Waals surface area (Å²) in [7, 11) is -5.81. The van der Waals surface area contributed by atoms with Crippen LogP contribution in [0.2, 0.25) is 0 Å². The fourth-order valence-corrected chi connectivity index (χ4v) is 5.97.